The van der Waals surface area contributed by atoms with Gasteiger partial charge >= 0.3 is 11.8 Å². The minimum Gasteiger partial charge on any atom is -0.493 e. The summed E-state index contributed by atoms with van der Waals surface area (Å²) in [5.41, 5.74) is 0.798. The summed E-state index contributed by atoms with van der Waals surface area (Å²) in [6.07, 6.45) is 4.47. The fourth-order valence-corrected chi connectivity index (χ4v) is 2.17. The smallest absolute Gasteiger partial charge is 0.316 e. The van der Waals surface area contributed by atoms with E-state index in [0.29, 0.717) is 28.6 Å². The molecule has 0 aliphatic heterocycles. The zero-order valence-electron chi connectivity index (χ0n) is 14.2. The van der Waals surface area contributed by atoms with Crippen LogP contribution in [0.15, 0.2) is 35.2 Å². The normalized spacial score (nSPS) is 10.3. The lowest BCUT2D eigenvalue weighted by Crippen LogP contribution is -2.12. The highest BCUT2D eigenvalue weighted by atomic mass is 16.5. The van der Waals surface area contributed by atoms with Gasteiger partial charge in [0.15, 0.2) is 11.5 Å². The van der Waals surface area contributed by atoms with Gasteiger partial charge in [-0.15, -0.1) is 0 Å². The highest BCUT2D eigenvalue weighted by molar-refractivity contribution is 6.01. The first kappa shape index (κ1) is 17.1. The summed E-state index contributed by atoms with van der Waals surface area (Å²) >= 11 is 0. The van der Waals surface area contributed by atoms with Crippen LogP contribution in [0.3, 0.4) is 0 Å². The third-order valence-electron chi connectivity index (χ3n) is 3.34. The number of aromatic nitrogens is 4. The van der Waals surface area contributed by atoms with Gasteiger partial charge in [-0.05, 0) is 0 Å². The van der Waals surface area contributed by atoms with Gasteiger partial charge in [-0.1, -0.05) is 5.16 Å². The van der Waals surface area contributed by atoms with Crippen LogP contribution in [0.25, 0.3) is 11.5 Å². The van der Waals surface area contributed by atoms with Crippen LogP contribution in [0.1, 0.15) is 10.7 Å². The molecule has 134 valence electrons. The summed E-state index contributed by atoms with van der Waals surface area (Å²) in [5, 5.41) is 6.36. The van der Waals surface area contributed by atoms with E-state index < -0.39 is 5.91 Å². The zero-order chi connectivity index (χ0) is 18.5. The number of amides is 1. The van der Waals surface area contributed by atoms with Gasteiger partial charge < -0.3 is 24.1 Å². The average molecular weight is 357 g/mol. The van der Waals surface area contributed by atoms with Gasteiger partial charge in [0, 0.05) is 30.2 Å². The number of carbonyl (C=O) groups is 1. The lowest BCUT2D eigenvalue weighted by molar-refractivity contribution is 0.0981. The van der Waals surface area contributed by atoms with Crippen LogP contribution >= 0.6 is 0 Å². The second-order valence-corrected chi connectivity index (χ2v) is 4.88. The van der Waals surface area contributed by atoms with E-state index >= 15 is 0 Å². The summed E-state index contributed by atoms with van der Waals surface area (Å²) in [4.78, 5) is 24.3. The molecule has 1 amide bonds. The summed E-state index contributed by atoms with van der Waals surface area (Å²) in [6.45, 7) is 0. The molecule has 0 spiro atoms. The molecule has 0 aliphatic carbocycles. The number of hydrogen-bond acceptors (Lipinski definition) is 9. The van der Waals surface area contributed by atoms with Crippen LogP contribution in [0.5, 0.6) is 17.2 Å². The predicted molar refractivity (Wildman–Crippen MR) is 89.4 cm³/mol. The summed E-state index contributed by atoms with van der Waals surface area (Å²) in [7, 11) is 4.45. The first-order chi connectivity index (χ1) is 12.7. The Bertz CT molecular complexity index is 887. The van der Waals surface area contributed by atoms with E-state index in [1.807, 2.05) is 0 Å². The molecule has 2 heterocycles. The van der Waals surface area contributed by atoms with Crippen LogP contribution in [-0.2, 0) is 0 Å². The molecule has 0 radical (unpaired) electrons. The molecular weight excluding hydrogens is 342 g/mol. The van der Waals surface area contributed by atoms with Crippen molar-refractivity contribution < 1.29 is 23.5 Å². The molecule has 0 fully saturated rings. The maximum Gasteiger partial charge on any atom is 0.316 e. The number of anilines is 1. The van der Waals surface area contributed by atoms with Crippen LogP contribution in [0, 0.1) is 0 Å². The molecule has 10 heteroatoms. The number of benzene rings is 1. The van der Waals surface area contributed by atoms with Gasteiger partial charge in [0.25, 0.3) is 0 Å². The standard InChI is InChI=1S/C16H15N5O5/c1-23-11-6-9(7-12(24-2)13(11)25-3)19-15(22)16-20-14(21-26-16)10-8-17-4-5-18-10/h4-8H,1-3H3,(H,19,22). The van der Waals surface area contributed by atoms with Crippen molar-refractivity contribution in [1.29, 1.82) is 0 Å². The molecule has 1 N–H and O–H groups in total. The van der Waals surface area contributed by atoms with Crippen molar-refractivity contribution in [1.82, 2.24) is 20.1 Å². The molecule has 1 aromatic carbocycles. The molecule has 2 aromatic heterocycles. The van der Waals surface area contributed by atoms with Crippen LogP contribution in [0.4, 0.5) is 5.69 Å². The van der Waals surface area contributed by atoms with Crippen molar-refractivity contribution in [3.63, 3.8) is 0 Å². The SMILES string of the molecule is COc1cc(NC(=O)c2nc(-c3cnccn3)no2)cc(OC)c1OC. The van der Waals surface area contributed by atoms with E-state index in [4.69, 9.17) is 18.7 Å². The van der Waals surface area contributed by atoms with Gasteiger partial charge in [-0.2, -0.15) is 4.98 Å². The third-order valence-corrected chi connectivity index (χ3v) is 3.34. The van der Waals surface area contributed by atoms with Crippen molar-refractivity contribution >= 4 is 11.6 Å². The molecular formula is C16H15N5O5. The monoisotopic (exact) mass is 357 g/mol. The quantitative estimate of drug-likeness (QED) is 0.703. The highest BCUT2D eigenvalue weighted by Gasteiger charge is 2.19. The lowest BCUT2D eigenvalue weighted by Gasteiger charge is -2.14. The molecule has 0 saturated heterocycles. The molecule has 3 aromatic rings. The molecule has 0 unspecified atom stereocenters. The van der Waals surface area contributed by atoms with Gasteiger partial charge in [0.05, 0.1) is 27.5 Å². The van der Waals surface area contributed by atoms with Crippen LogP contribution in [0.2, 0.25) is 0 Å². The van der Waals surface area contributed by atoms with E-state index in [0.717, 1.165) is 0 Å². The Kier molecular flexibility index (Phi) is 4.92. The Hall–Kier alpha value is -3.69. The average Bonchev–Trinajstić information content (AvgIpc) is 3.18. The van der Waals surface area contributed by atoms with E-state index in [9.17, 15) is 4.79 Å². The van der Waals surface area contributed by atoms with Crippen molar-refractivity contribution in [3.8, 4) is 28.8 Å². The Morgan fingerprint density at radius 3 is 2.38 bits per heavy atom. The number of carbonyl (C=O) groups excluding carboxylic acids is 1. The number of methoxy groups -OCH3 is 3. The fraction of sp³-hybridized carbons (Fsp3) is 0.188. The Morgan fingerprint density at radius 1 is 1.08 bits per heavy atom. The minimum atomic E-state index is -0.595. The second kappa shape index (κ2) is 7.47. The first-order valence-electron chi connectivity index (χ1n) is 7.37. The van der Waals surface area contributed by atoms with Crippen molar-refractivity contribution in [2.24, 2.45) is 0 Å². The maximum absolute atomic E-state index is 12.4. The van der Waals surface area contributed by atoms with Crippen molar-refractivity contribution in [2.75, 3.05) is 26.6 Å². The predicted octanol–water partition coefficient (Wildman–Crippen LogP) is 1.80. The molecule has 26 heavy (non-hydrogen) atoms. The minimum absolute atomic E-state index is 0.160. The summed E-state index contributed by atoms with van der Waals surface area (Å²) < 4.78 is 20.7. The van der Waals surface area contributed by atoms with Crippen molar-refractivity contribution in [3.05, 3.63) is 36.6 Å². The Labute approximate surface area is 148 Å². The van der Waals surface area contributed by atoms with E-state index in [-0.39, 0.29) is 11.7 Å². The van der Waals surface area contributed by atoms with Crippen LogP contribution in [-0.4, -0.2) is 47.3 Å². The Balaban J connectivity index is 1.83. The summed E-state index contributed by atoms with van der Waals surface area (Å²) in [6, 6.07) is 3.17. The zero-order valence-corrected chi connectivity index (χ0v) is 14.2. The third kappa shape index (κ3) is 3.38. The molecule has 0 atom stereocenters. The second-order valence-electron chi connectivity index (χ2n) is 4.88. The van der Waals surface area contributed by atoms with Gasteiger partial charge in [-0.25, -0.2) is 4.98 Å². The van der Waals surface area contributed by atoms with Gasteiger partial charge in [-0.3, -0.25) is 9.78 Å². The number of nitrogens with zero attached hydrogens (tertiary/aromatic N) is 4. The number of nitrogens with one attached hydrogen (secondary N) is 1. The van der Waals surface area contributed by atoms with Gasteiger partial charge in [0.2, 0.25) is 11.6 Å². The van der Waals surface area contributed by atoms with E-state index in [2.05, 4.69) is 25.4 Å². The molecule has 10 nitrogen and oxygen atoms in total. The molecule has 0 bridgehead atoms. The van der Waals surface area contributed by atoms with E-state index in [1.165, 1.54) is 39.9 Å². The highest BCUT2D eigenvalue weighted by Crippen LogP contribution is 2.40. The van der Waals surface area contributed by atoms with Gasteiger partial charge in [0.1, 0.15) is 5.69 Å². The fourth-order valence-electron chi connectivity index (χ4n) is 2.17. The number of hydrogen-bond donors (Lipinski definition) is 1. The molecule has 0 saturated carbocycles. The number of rotatable bonds is 6. The van der Waals surface area contributed by atoms with Crippen LogP contribution < -0.4 is 19.5 Å². The largest absolute Gasteiger partial charge is 0.493 e. The maximum atomic E-state index is 12.4. The Morgan fingerprint density at radius 2 is 1.81 bits per heavy atom. The molecule has 3 rings (SSSR count). The summed E-state index contributed by atoms with van der Waals surface area (Å²) in [5.74, 6) is 0.547. The first-order valence-corrected chi connectivity index (χ1v) is 7.37. The van der Waals surface area contributed by atoms with Crippen molar-refractivity contribution in [2.45, 2.75) is 0 Å². The number of ether oxygens (including phenoxy) is 3. The molecule has 0 aliphatic rings. The lowest BCUT2D eigenvalue weighted by atomic mass is 10.2. The topological polar surface area (TPSA) is 121 Å². The van der Waals surface area contributed by atoms with E-state index in [1.54, 1.807) is 12.1 Å².